The van der Waals surface area contributed by atoms with E-state index in [0.717, 1.165) is 19.3 Å². The van der Waals surface area contributed by atoms with Gasteiger partial charge in [-0.15, -0.1) is 0 Å². The molecule has 3 heteroatoms. The Morgan fingerprint density at radius 1 is 1.39 bits per heavy atom. The second kappa shape index (κ2) is 5.53. The molecule has 1 aliphatic heterocycles. The van der Waals surface area contributed by atoms with E-state index in [0.29, 0.717) is 6.42 Å². The van der Waals surface area contributed by atoms with Gasteiger partial charge in [0.05, 0.1) is 6.04 Å². The zero-order valence-electron chi connectivity index (χ0n) is 11.2. The predicted molar refractivity (Wildman–Crippen MR) is 73.2 cm³/mol. The molecule has 0 aromatic heterocycles. The van der Waals surface area contributed by atoms with Crippen molar-refractivity contribution in [3.05, 3.63) is 35.4 Å². The third-order valence-corrected chi connectivity index (χ3v) is 3.90. The highest BCUT2D eigenvalue weighted by Gasteiger charge is 2.31. The first-order valence-electron chi connectivity index (χ1n) is 6.74. The minimum Gasteiger partial charge on any atom is -0.337 e. The average Bonchev–Trinajstić information content (AvgIpc) is 2.50. The van der Waals surface area contributed by atoms with E-state index in [1.54, 1.807) is 0 Å². The van der Waals surface area contributed by atoms with Crippen molar-refractivity contribution in [3.63, 3.8) is 0 Å². The third-order valence-electron chi connectivity index (χ3n) is 3.90. The molecule has 0 spiro atoms. The number of aryl methyl sites for hydroxylation is 1. The van der Waals surface area contributed by atoms with Crippen molar-refractivity contribution in [3.8, 4) is 0 Å². The lowest BCUT2D eigenvalue weighted by molar-refractivity contribution is -0.131. The molecule has 0 radical (unpaired) electrons. The SMILES string of the molecule is CCc1ccccc1C1C(N)CCCC(=O)N1C. The smallest absolute Gasteiger partial charge is 0.222 e. The number of benzene rings is 1. The average molecular weight is 246 g/mol. The molecule has 0 saturated carbocycles. The molecule has 0 aliphatic carbocycles. The Hall–Kier alpha value is -1.35. The van der Waals surface area contributed by atoms with Crippen molar-refractivity contribution in [2.24, 2.45) is 5.73 Å². The van der Waals surface area contributed by atoms with Crippen LogP contribution >= 0.6 is 0 Å². The van der Waals surface area contributed by atoms with Crippen LogP contribution in [0.4, 0.5) is 0 Å². The largest absolute Gasteiger partial charge is 0.337 e. The van der Waals surface area contributed by atoms with Crippen LogP contribution in [0.5, 0.6) is 0 Å². The summed E-state index contributed by atoms with van der Waals surface area (Å²) in [5.41, 5.74) is 8.80. The number of likely N-dealkylation sites (tertiary alicyclic amines) is 1. The Morgan fingerprint density at radius 3 is 2.83 bits per heavy atom. The van der Waals surface area contributed by atoms with E-state index >= 15 is 0 Å². The molecule has 3 nitrogen and oxygen atoms in total. The van der Waals surface area contributed by atoms with Crippen LogP contribution in [-0.2, 0) is 11.2 Å². The molecular weight excluding hydrogens is 224 g/mol. The summed E-state index contributed by atoms with van der Waals surface area (Å²) in [5.74, 6) is 0.207. The van der Waals surface area contributed by atoms with Gasteiger partial charge in [-0.05, 0) is 30.4 Å². The maximum Gasteiger partial charge on any atom is 0.222 e. The molecule has 1 fully saturated rings. The van der Waals surface area contributed by atoms with E-state index in [4.69, 9.17) is 5.73 Å². The summed E-state index contributed by atoms with van der Waals surface area (Å²) in [4.78, 5) is 13.9. The Balaban J connectivity index is 2.41. The van der Waals surface area contributed by atoms with Gasteiger partial charge in [-0.25, -0.2) is 0 Å². The lowest BCUT2D eigenvalue weighted by Gasteiger charge is -2.32. The molecule has 1 aliphatic rings. The van der Waals surface area contributed by atoms with Gasteiger partial charge in [0.15, 0.2) is 0 Å². The maximum absolute atomic E-state index is 12.0. The van der Waals surface area contributed by atoms with Crippen molar-refractivity contribution in [2.45, 2.75) is 44.7 Å². The molecule has 2 atom stereocenters. The summed E-state index contributed by atoms with van der Waals surface area (Å²) in [6.07, 6.45) is 3.41. The van der Waals surface area contributed by atoms with Gasteiger partial charge < -0.3 is 10.6 Å². The molecule has 2 N–H and O–H groups in total. The topological polar surface area (TPSA) is 46.3 Å². The predicted octanol–water partition coefficient (Wildman–Crippen LogP) is 2.26. The highest BCUT2D eigenvalue weighted by molar-refractivity contribution is 5.77. The van der Waals surface area contributed by atoms with Gasteiger partial charge in [-0.2, -0.15) is 0 Å². The highest BCUT2D eigenvalue weighted by Crippen LogP contribution is 2.31. The Kier molecular flexibility index (Phi) is 4.02. The molecule has 0 bridgehead atoms. The van der Waals surface area contributed by atoms with Crippen molar-refractivity contribution in [1.82, 2.24) is 4.90 Å². The van der Waals surface area contributed by atoms with Crippen LogP contribution < -0.4 is 5.73 Å². The summed E-state index contributed by atoms with van der Waals surface area (Å²) in [6, 6.07) is 8.38. The number of likely N-dealkylation sites (N-methyl/N-ethyl adjacent to an activating group) is 1. The first-order chi connectivity index (χ1) is 8.65. The summed E-state index contributed by atoms with van der Waals surface area (Å²) in [7, 11) is 1.88. The lowest BCUT2D eigenvalue weighted by Crippen LogP contribution is -2.40. The summed E-state index contributed by atoms with van der Waals surface area (Å²) in [5, 5.41) is 0. The van der Waals surface area contributed by atoms with E-state index in [1.165, 1.54) is 11.1 Å². The van der Waals surface area contributed by atoms with Crippen LogP contribution in [0.1, 0.15) is 43.4 Å². The number of amides is 1. The van der Waals surface area contributed by atoms with Gasteiger partial charge in [0.25, 0.3) is 0 Å². The summed E-state index contributed by atoms with van der Waals surface area (Å²) < 4.78 is 0. The number of carbonyl (C=O) groups is 1. The molecule has 2 rings (SSSR count). The normalized spacial score (nSPS) is 25.1. The number of carbonyl (C=O) groups excluding carboxylic acids is 1. The van der Waals surface area contributed by atoms with Gasteiger partial charge in [0.1, 0.15) is 0 Å². The van der Waals surface area contributed by atoms with Crippen molar-refractivity contribution >= 4 is 5.91 Å². The standard InChI is InChI=1S/C15H22N2O/c1-3-11-7-4-5-8-12(11)15-13(16)9-6-10-14(18)17(15)2/h4-5,7-8,13,15H,3,6,9-10,16H2,1-2H3. The van der Waals surface area contributed by atoms with E-state index in [9.17, 15) is 4.79 Å². The third kappa shape index (κ3) is 2.41. The Morgan fingerprint density at radius 2 is 2.11 bits per heavy atom. The Bertz CT molecular complexity index is 430. The molecule has 1 saturated heterocycles. The lowest BCUT2D eigenvalue weighted by atomic mass is 9.92. The summed E-state index contributed by atoms with van der Waals surface area (Å²) in [6.45, 7) is 2.14. The second-order valence-electron chi connectivity index (χ2n) is 5.06. The summed E-state index contributed by atoms with van der Waals surface area (Å²) >= 11 is 0. The van der Waals surface area contributed by atoms with Gasteiger partial charge in [-0.3, -0.25) is 4.79 Å². The van der Waals surface area contributed by atoms with Gasteiger partial charge in [0, 0.05) is 19.5 Å². The number of rotatable bonds is 2. The van der Waals surface area contributed by atoms with E-state index < -0.39 is 0 Å². The first-order valence-corrected chi connectivity index (χ1v) is 6.74. The van der Waals surface area contributed by atoms with E-state index in [1.807, 2.05) is 24.1 Å². The van der Waals surface area contributed by atoms with Crippen LogP contribution in [0.2, 0.25) is 0 Å². The Labute approximate surface area is 109 Å². The number of hydrogen-bond acceptors (Lipinski definition) is 2. The van der Waals surface area contributed by atoms with Gasteiger partial charge >= 0.3 is 0 Å². The van der Waals surface area contributed by atoms with E-state index in [2.05, 4.69) is 19.1 Å². The number of nitrogens with zero attached hydrogens (tertiary/aromatic N) is 1. The van der Waals surface area contributed by atoms with Crippen molar-refractivity contribution < 1.29 is 4.79 Å². The zero-order valence-corrected chi connectivity index (χ0v) is 11.2. The number of hydrogen-bond donors (Lipinski definition) is 1. The minimum absolute atomic E-state index is 0.0242. The van der Waals surface area contributed by atoms with Crippen molar-refractivity contribution in [1.29, 1.82) is 0 Å². The van der Waals surface area contributed by atoms with Crippen LogP contribution in [-0.4, -0.2) is 23.9 Å². The van der Waals surface area contributed by atoms with Gasteiger partial charge in [0.2, 0.25) is 5.91 Å². The second-order valence-corrected chi connectivity index (χ2v) is 5.06. The van der Waals surface area contributed by atoms with Crippen LogP contribution in [0.3, 0.4) is 0 Å². The van der Waals surface area contributed by atoms with Gasteiger partial charge in [-0.1, -0.05) is 31.2 Å². The maximum atomic E-state index is 12.0. The monoisotopic (exact) mass is 246 g/mol. The minimum atomic E-state index is 0.0242. The fraction of sp³-hybridized carbons (Fsp3) is 0.533. The molecular formula is C15H22N2O. The molecule has 98 valence electrons. The first kappa shape index (κ1) is 13.1. The van der Waals surface area contributed by atoms with Crippen molar-refractivity contribution in [2.75, 3.05) is 7.05 Å². The van der Waals surface area contributed by atoms with E-state index in [-0.39, 0.29) is 18.0 Å². The van der Waals surface area contributed by atoms with Crippen LogP contribution in [0.15, 0.2) is 24.3 Å². The number of nitrogens with two attached hydrogens (primary N) is 1. The molecule has 1 aromatic rings. The molecule has 1 heterocycles. The molecule has 2 unspecified atom stereocenters. The molecule has 1 aromatic carbocycles. The van der Waals surface area contributed by atoms with Crippen LogP contribution in [0, 0.1) is 0 Å². The quantitative estimate of drug-likeness (QED) is 0.870. The highest BCUT2D eigenvalue weighted by atomic mass is 16.2. The fourth-order valence-corrected chi connectivity index (χ4v) is 2.85. The molecule has 1 amide bonds. The zero-order chi connectivity index (χ0) is 13.1. The van der Waals surface area contributed by atoms with Crippen LogP contribution in [0.25, 0.3) is 0 Å². The fourth-order valence-electron chi connectivity index (χ4n) is 2.85. The molecule has 18 heavy (non-hydrogen) atoms.